The van der Waals surface area contributed by atoms with E-state index in [0.29, 0.717) is 34.9 Å². The third-order valence-electron chi connectivity index (χ3n) is 6.88. The molecule has 220 valence electrons. The van der Waals surface area contributed by atoms with E-state index in [2.05, 4.69) is 68.1 Å². The summed E-state index contributed by atoms with van der Waals surface area (Å²) in [5, 5.41) is 4.54. The molecule has 0 saturated carbocycles. The molecule has 1 heterocycles. The van der Waals surface area contributed by atoms with E-state index in [0.717, 1.165) is 35.3 Å². The number of nitrogens with two attached hydrogens (primary N) is 2. The normalized spacial score (nSPS) is 12.1. The number of benzene rings is 2. The molecule has 2 aromatic carbocycles. The largest absolute Gasteiger partial charge is 0.494 e. The van der Waals surface area contributed by atoms with E-state index >= 15 is 0 Å². The van der Waals surface area contributed by atoms with Crippen LogP contribution in [0.1, 0.15) is 53.4 Å². The SMILES string of the molecule is COc1c(CN(C)CCN(C)C)cc(C(C)(C)C)cc1NC(=O)c1ccc(C)c(N(N)/C=C(\N)c2cccnc2)c1. The number of hydrogen-bond acceptors (Lipinski definition) is 8. The summed E-state index contributed by atoms with van der Waals surface area (Å²) in [4.78, 5) is 22.1. The fourth-order valence-electron chi connectivity index (χ4n) is 4.36. The van der Waals surface area contributed by atoms with E-state index in [9.17, 15) is 4.79 Å². The van der Waals surface area contributed by atoms with Gasteiger partial charge in [-0.3, -0.25) is 14.8 Å². The van der Waals surface area contributed by atoms with Crippen molar-refractivity contribution in [1.82, 2.24) is 14.8 Å². The van der Waals surface area contributed by atoms with Gasteiger partial charge >= 0.3 is 0 Å². The predicted molar refractivity (Wildman–Crippen MR) is 169 cm³/mol. The highest BCUT2D eigenvalue weighted by molar-refractivity contribution is 6.06. The van der Waals surface area contributed by atoms with Gasteiger partial charge in [-0.2, -0.15) is 0 Å². The van der Waals surface area contributed by atoms with E-state index in [-0.39, 0.29) is 11.3 Å². The van der Waals surface area contributed by atoms with Gasteiger partial charge in [-0.1, -0.05) is 32.9 Å². The van der Waals surface area contributed by atoms with Gasteiger partial charge in [0, 0.05) is 54.9 Å². The standard InChI is InChI=1S/C32H45N7O2/c1-22-11-12-23(17-29(22)39(34)21-27(33)24-10-9-13-35-19-24)31(40)36-28-18-26(32(2,3)4)16-25(30(28)41-8)20-38(7)15-14-37(5)6/h9-13,16-19,21H,14-15,20,33-34H2,1-8H3,(H,36,40)/b27-21-. The number of amides is 1. The number of hydrazine groups is 1. The van der Waals surface area contributed by atoms with Crippen LogP contribution in [0.3, 0.4) is 0 Å². The summed E-state index contributed by atoms with van der Waals surface area (Å²) in [6.45, 7) is 10.9. The molecule has 1 aromatic heterocycles. The van der Waals surface area contributed by atoms with Gasteiger partial charge in [-0.25, -0.2) is 5.84 Å². The Hall–Kier alpha value is -3.92. The number of carbonyl (C=O) groups excluding carboxylic acids is 1. The molecular weight excluding hydrogens is 514 g/mol. The zero-order valence-corrected chi connectivity index (χ0v) is 25.7. The van der Waals surface area contributed by atoms with Crippen LogP contribution in [0.2, 0.25) is 0 Å². The number of methoxy groups -OCH3 is 1. The van der Waals surface area contributed by atoms with Gasteiger partial charge in [0.15, 0.2) is 0 Å². The van der Waals surface area contributed by atoms with Gasteiger partial charge in [-0.05, 0) is 74.9 Å². The lowest BCUT2D eigenvalue weighted by molar-refractivity contribution is 0.102. The van der Waals surface area contributed by atoms with E-state index in [4.69, 9.17) is 16.3 Å². The minimum atomic E-state index is -0.264. The first-order valence-electron chi connectivity index (χ1n) is 13.7. The molecule has 0 aliphatic rings. The van der Waals surface area contributed by atoms with Crippen molar-refractivity contribution in [2.24, 2.45) is 11.6 Å². The molecule has 0 saturated heterocycles. The van der Waals surface area contributed by atoms with Crippen LogP contribution in [0.5, 0.6) is 5.75 Å². The number of nitrogens with zero attached hydrogens (tertiary/aromatic N) is 4. The van der Waals surface area contributed by atoms with Crippen LogP contribution in [0, 0.1) is 6.92 Å². The summed E-state index contributed by atoms with van der Waals surface area (Å²) in [5.41, 5.74) is 12.1. The van der Waals surface area contributed by atoms with Gasteiger partial charge in [0.25, 0.3) is 5.91 Å². The molecule has 0 fully saturated rings. The number of rotatable bonds is 11. The van der Waals surface area contributed by atoms with Crippen molar-refractivity contribution in [2.45, 2.75) is 39.7 Å². The van der Waals surface area contributed by atoms with Crippen molar-refractivity contribution in [3.63, 3.8) is 0 Å². The van der Waals surface area contributed by atoms with E-state index < -0.39 is 0 Å². The maximum Gasteiger partial charge on any atom is 0.255 e. The first-order valence-corrected chi connectivity index (χ1v) is 13.7. The Bertz CT molecular complexity index is 1360. The van der Waals surface area contributed by atoms with Crippen molar-refractivity contribution in [2.75, 3.05) is 51.7 Å². The van der Waals surface area contributed by atoms with E-state index in [1.54, 1.807) is 37.8 Å². The van der Waals surface area contributed by atoms with Crippen molar-refractivity contribution < 1.29 is 9.53 Å². The second kappa shape index (κ2) is 13.6. The summed E-state index contributed by atoms with van der Waals surface area (Å²) in [6, 6.07) is 13.3. The molecule has 3 aromatic rings. The Labute approximate surface area is 244 Å². The second-order valence-electron chi connectivity index (χ2n) is 11.7. The maximum atomic E-state index is 13.6. The molecule has 0 aliphatic carbocycles. The zero-order valence-electron chi connectivity index (χ0n) is 25.7. The predicted octanol–water partition coefficient (Wildman–Crippen LogP) is 4.58. The average molecular weight is 560 g/mol. The summed E-state index contributed by atoms with van der Waals surface area (Å²) in [7, 11) is 7.86. The molecule has 3 rings (SSSR count). The number of hydrogen-bond donors (Lipinski definition) is 3. The number of likely N-dealkylation sites (N-methyl/N-ethyl adjacent to an activating group) is 2. The molecule has 0 radical (unpaired) electrons. The van der Waals surface area contributed by atoms with Gasteiger partial charge in [0.2, 0.25) is 0 Å². The summed E-state index contributed by atoms with van der Waals surface area (Å²) < 4.78 is 5.87. The van der Waals surface area contributed by atoms with Crippen molar-refractivity contribution in [3.05, 3.63) is 88.9 Å². The maximum absolute atomic E-state index is 13.6. The van der Waals surface area contributed by atoms with Crippen LogP contribution in [-0.2, 0) is 12.0 Å². The number of nitrogens with one attached hydrogen (secondary N) is 1. The Balaban J connectivity index is 1.93. The smallest absolute Gasteiger partial charge is 0.255 e. The molecule has 0 spiro atoms. The third kappa shape index (κ3) is 8.53. The topological polar surface area (TPSA) is 113 Å². The molecule has 9 heteroatoms. The van der Waals surface area contributed by atoms with Gasteiger partial charge in [0.1, 0.15) is 5.75 Å². The zero-order chi connectivity index (χ0) is 30.3. The van der Waals surface area contributed by atoms with Gasteiger partial charge in [-0.15, -0.1) is 0 Å². The van der Waals surface area contributed by atoms with E-state index in [1.165, 1.54) is 5.01 Å². The highest BCUT2D eigenvalue weighted by Gasteiger charge is 2.22. The van der Waals surface area contributed by atoms with Gasteiger partial charge in [0.05, 0.1) is 24.2 Å². The molecule has 9 nitrogen and oxygen atoms in total. The van der Waals surface area contributed by atoms with Crippen LogP contribution < -0.4 is 26.6 Å². The van der Waals surface area contributed by atoms with Crippen LogP contribution >= 0.6 is 0 Å². The highest BCUT2D eigenvalue weighted by atomic mass is 16.5. The molecule has 1 amide bonds. The average Bonchev–Trinajstić information content (AvgIpc) is 2.91. The van der Waals surface area contributed by atoms with Crippen molar-refractivity contribution >= 4 is 23.0 Å². The van der Waals surface area contributed by atoms with E-state index in [1.807, 2.05) is 31.2 Å². The number of carbonyl (C=O) groups is 1. The number of ether oxygens (including phenoxy) is 1. The molecule has 0 bridgehead atoms. The molecular formula is C32H45N7O2. The molecule has 0 unspecified atom stereocenters. The molecule has 0 atom stereocenters. The highest BCUT2D eigenvalue weighted by Crippen LogP contribution is 2.36. The number of aryl methyl sites for hydroxylation is 1. The summed E-state index contributed by atoms with van der Waals surface area (Å²) in [6.07, 6.45) is 4.97. The third-order valence-corrected chi connectivity index (χ3v) is 6.88. The Morgan fingerprint density at radius 1 is 1.07 bits per heavy atom. The lowest BCUT2D eigenvalue weighted by Gasteiger charge is -2.26. The molecule has 5 N–H and O–H groups in total. The fraction of sp³-hybridized carbons (Fsp3) is 0.375. The fourth-order valence-corrected chi connectivity index (χ4v) is 4.36. The van der Waals surface area contributed by atoms with Crippen molar-refractivity contribution in [3.8, 4) is 5.75 Å². The molecule has 0 aliphatic heterocycles. The first-order chi connectivity index (χ1) is 19.3. The van der Waals surface area contributed by atoms with Crippen LogP contribution in [-0.4, -0.2) is 62.0 Å². The monoisotopic (exact) mass is 559 g/mol. The second-order valence-corrected chi connectivity index (χ2v) is 11.7. The summed E-state index contributed by atoms with van der Waals surface area (Å²) in [5.74, 6) is 6.77. The van der Waals surface area contributed by atoms with Crippen LogP contribution in [0.4, 0.5) is 11.4 Å². The van der Waals surface area contributed by atoms with Crippen molar-refractivity contribution in [1.29, 1.82) is 0 Å². The minimum Gasteiger partial charge on any atom is -0.494 e. The quantitative estimate of drug-likeness (QED) is 0.231. The molecule has 41 heavy (non-hydrogen) atoms. The Morgan fingerprint density at radius 3 is 2.41 bits per heavy atom. The minimum absolute atomic E-state index is 0.125. The van der Waals surface area contributed by atoms with Gasteiger partial charge < -0.3 is 25.6 Å². The number of pyridine rings is 1. The number of anilines is 2. The lowest BCUT2D eigenvalue weighted by Crippen LogP contribution is -2.28. The Morgan fingerprint density at radius 2 is 1.80 bits per heavy atom. The van der Waals surface area contributed by atoms with Crippen LogP contribution in [0.25, 0.3) is 5.70 Å². The first kappa shape index (κ1) is 31.6. The Kier molecular flexibility index (Phi) is 10.5. The van der Waals surface area contributed by atoms with Crippen LogP contribution in [0.15, 0.2) is 61.1 Å². The summed E-state index contributed by atoms with van der Waals surface area (Å²) >= 11 is 0. The number of aromatic nitrogens is 1. The lowest BCUT2D eigenvalue weighted by atomic mass is 9.85.